The first-order valence-electron chi connectivity index (χ1n) is 9.25. The van der Waals surface area contributed by atoms with E-state index in [0.717, 1.165) is 22.9 Å². The summed E-state index contributed by atoms with van der Waals surface area (Å²) >= 11 is 0. The molecule has 4 rings (SSSR count). The Labute approximate surface area is 153 Å². The number of hydrogen-bond acceptors (Lipinski definition) is 5. The van der Waals surface area contributed by atoms with Crippen LogP contribution >= 0.6 is 0 Å². The monoisotopic (exact) mass is 355 g/mol. The van der Waals surface area contributed by atoms with E-state index in [2.05, 4.69) is 4.98 Å². The van der Waals surface area contributed by atoms with E-state index in [-0.39, 0.29) is 17.4 Å². The number of hydrogen-bond donors (Lipinski definition) is 2. The summed E-state index contributed by atoms with van der Waals surface area (Å²) in [4.78, 5) is 19.0. The largest absolute Gasteiger partial charge is 0.392 e. The third-order valence-electron chi connectivity index (χ3n) is 5.81. The number of benzene rings is 1. The number of aliphatic hydroxyl groups is 1. The van der Waals surface area contributed by atoms with Gasteiger partial charge in [-0.15, -0.1) is 0 Å². The molecule has 1 spiro atoms. The van der Waals surface area contributed by atoms with Crippen LogP contribution in [0.15, 0.2) is 30.3 Å². The second-order valence-electron chi connectivity index (χ2n) is 7.51. The van der Waals surface area contributed by atoms with E-state index < -0.39 is 0 Å². The van der Waals surface area contributed by atoms with Crippen molar-refractivity contribution in [2.45, 2.75) is 31.8 Å². The highest BCUT2D eigenvalue weighted by molar-refractivity contribution is 5.82. The van der Waals surface area contributed by atoms with Crippen LogP contribution in [-0.4, -0.2) is 53.3 Å². The van der Waals surface area contributed by atoms with Crippen molar-refractivity contribution in [3.63, 3.8) is 0 Å². The van der Waals surface area contributed by atoms with Crippen molar-refractivity contribution in [3.05, 3.63) is 35.9 Å². The van der Waals surface area contributed by atoms with Gasteiger partial charge >= 0.3 is 0 Å². The molecule has 1 aromatic carbocycles. The molecular weight excluding hydrogens is 330 g/mol. The molecule has 0 bridgehead atoms. The van der Waals surface area contributed by atoms with Crippen molar-refractivity contribution in [2.24, 2.45) is 5.41 Å². The number of carbonyl (C=O) groups is 1. The number of nitrogens with two attached hydrogens (primary N) is 1. The molecule has 0 unspecified atom stereocenters. The van der Waals surface area contributed by atoms with E-state index in [4.69, 9.17) is 10.5 Å². The summed E-state index contributed by atoms with van der Waals surface area (Å²) in [5.41, 5.74) is 7.57. The first-order valence-corrected chi connectivity index (χ1v) is 9.25. The first-order chi connectivity index (χ1) is 12.6. The van der Waals surface area contributed by atoms with E-state index >= 15 is 0 Å². The number of nitrogen functional groups attached to an aromatic ring is 1. The van der Waals surface area contributed by atoms with Crippen LogP contribution in [0.2, 0.25) is 0 Å². The molecule has 138 valence electrons. The van der Waals surface area contributed by atoms with Gasteiger partial charge in [0.25, 0.3) is 0 Å². The highest BCUT2D eigenvalue weighted by Crippen LogP contribution is 2.38. The lowest BCUT2D eigenvalue weighted by atomic mass is 9.79. The van der Waals surface area contributed by atoms with E-state index in [9.17, 15) is 9.90 Å². The molecule has 1 aromatic heterocycles. The maximum absolute atomic E-state index is 12.7. The van der Waals surface area contributed by atoms with Gasteiger partial charge in [-0.2, -0.15) is 0 Å². The minimum Gasteiger partial charge on any atom is -0.392 e. The Morgan fingerprint density at radius 3 is 3.12 bits per heavy atom. The predicted molar refractivity (Wildman–Crippen MR) is 99.5 cm³/mol. The quantitative estimate of drug-likeness (QED) is 0.876. The third-order valence-corrected chi connectivity index (χ3v) is 5.81. The molecule has 2 aliphatic rings. The zero-order valence-corrected chi connectivity index (χ0v) is 14.9. The minimum atomic E-state index is -0.380. The Bertz CT molecular complexity index is 825. The number of anilines is 1. The number of nitrogens with zero attached hydrogens (tertiary/aromatic N) is 2. The topological polar surface area (TPSA) is 88.7 Å². The molecule has 2 fully saturated rings. The van der Waals surface area contributed by atoms with Crippen molar-refractivity contribution in [2.75, 3.05) is 32.0 Å². The fourth-order valence-electron chi connectivity index (χ4n) is 4.15. The Morgan fingerprint density at radius 2 is 2.27 bits per heavy atom. The Hall–Kier alpha value is -2.18. The molecule has 0 aliphatic carbocycles. The molecule has 6 heteroatoms. The third kappa shape index (κ3) is 3.15. The average Bonchev–Trinajstić information content (AvgIpc) is 3.07. The van der Waals surface area contributed by atoms with Crippen molar-refractivity contribution < 1.29 is 14.6 Å². The van der Waals surface area contributed by atoms with Crippen molar-refractivity contribution >= 4 is 22.6 Å². The SMILES string of the molecule is Nc1nc2ccccc2cc1CCC(=O)N1CC[C@]2(COCC[C@H]2O)C1. The highest BCUT2D eigenvalue weighted by Gasteiger charge is 2.46. The molecular formula is C20H25N3O3. The fourth-order valence-corrected chi connectivity index (χ4v) is 4.15. The van der Waals surface area contributed by atoms with Gasteiger partial charge in [-0.05, 0) is 37.0 Å². The lowest BCUT2D eigenvalue weighted by molar-refractivity contribution is -0.133. The highest BCUT2D eigenvalue weighted by atomic mass is 16.5. The van der Waals surface area contributed by atoms with E-state index in [1.54, 1.807) is 0 Å². The van der Waals surface area contributed by atoms with Crippen LogP contribution in [0.5, 0.6) is 0 Å². The van der Waals surface area contributed by atoms with E-state index in [0.29, 0.717) is 51.4 Å². The van der Waals surface area contributed by atoms with Crippen LogP contribution in [0.3, 0.4) is 0 Å². The van der Waals surface area contributed by atoms with Gasteiger partial charge in [-0.25, -0.2) is 4.98 Å². The molecule has 3 heterocycles. The summed E-state index contributed by atoms with van der Waals surface area (Å²) in [6, 6.07) is 9.86. The molecule has 0 radical (unpaired) electrons. The molecule has 2 atom stereocenters. The summed E-state index contributed by atoms with van der Waals surface area (Å²) in [5, 5.41) is 11.4. The van der Waals surface area contributed by atoms with Crippen LogP contribution in [0.4, 0.5) is 5.82 Å². The summed E-state index contributed by atoms with van der Waals surface area (Å²) in [5.74, 6) is 0.595. The van der Waals surface area contributed by atoms with Gasteiger partial charge in [-0.3, -0.25) is 4.79 Å². The Morgan fingerprint density at radius 1 is 1.42 bits per heavy atom. The van der Waals surface area contributed by atoms with Gasteiger partial charge < -0.3 is 20.5 Å². The molecule has 2 aromatic rings. The zero-order valence-electron chi connectivity index (χ0n) is 14.9. The minimum absolute atomic E-state index is 0.104. The van der Waals surface area contributed by atoms with Crippen LogP contribution in [0, 0.1) is 5.41 Å². The smallest absolute Gasteiger partial charge is 0.222 e. The Balaban J connectivity index is 1.41. The molecule has 0 saturated carbocycles. The van der Waals surface area contributed by atoms with Gasteiger partial charge in [0.15, 0.2) is 0 Å². The number of aryl methyl sites for hydroxylation is 1. The number of amides is 1. The fraction of sp³-hybridized carbons (Fsp3) is 0.500. The summed E-state index contributed by atoms with van der Waals surface area (Å²) < 4.78 is 5.57. The number of aromatic nitrogens is 1. The van der Waals surface area contributed by atoms with Crippen LogP contribution < -0.4 is 5.73 Å². The van der Waals surface area contributed by atoms with Gasteiger partial charge in [0, 0.05) is 36.9 Å². The van der Waals surface area contributed by atoms with E-state index in [1.807, 2.05) is 35.2 Å². The second kappa shape index (κ2) is 6.85. The van der Waals surface area contributed by atoms with Crippen LogP contribution in [0.25, 0.3) is 10.9 Å². The lowest BCUT2D eigenvalue weighted by Crippen LogP contribution is -2.46. The number of para-hydroxylation sites is 1. The zero-order chi connectivity index (χ0) is 18.1. The number of carbonyl (C=O) groups excluding carboxylic acids is 1. The average molecular weight is 355 g/mol. The maximum atomic E-state index is 12.7. The van der Waals surface area contributed by atoms with Crippen molar-refractivity contribution in [1.29, 1.82) is 0 Å². The molecule has 2 saturated heterocycles. The normalized spacial score (nSPS) is 25.9. The molecule has 26 heavy (non-hydrogen) atoms. The van der Waals surface area contributed by atoms with Crippen LogP contribution in [0.1, 0.15) is 24.8 Å². The number of aliphatic hydroxyl groups excluding tert-OH is 1. The first kappa shape index (κ1) is 17.2. The summed E-state index contributed by atoms with van der Waals surface area (Å²) in [6.07, 6.45) is 2.05. The second-order valence-corrected chi connectivity index (χ2v) is 7.51. The number of fused-ring (bicyclic) bond motifs is 1. The number of likely N-dealkylation sites (tertiary alicyclic amines) is 1. The maximum Gasteiger partial charge on any atom is 0.222 e. The van der Waals surface area contributed by atoms with Gasteiger partial charge in [0.05, 0.1) is 18.2 Å². The van der Waals surface area contributed by atoms with Gasteiger partial charge in [0.2, 0.25) is 5.91 Å². The molecule has 1 amide bonds. The summed E-state index contributed by atoms with van der Waals surface area (Å²) in [6.45, 7) is 2.41. The molecule has 6 nitrogen and oxygen atoms in total. The number of pyridine rings is 1. The number of ether oxygens (including phenoxy) is 1. The predicted octanol–water partition coefficient (Wildman–Crippen LogP) is 1.75. The number of rotatable bonds is 3. The van der Waals surface area contributed by atoms with Crippen molar-refractivity contribution in [1.82, 2.24) is 9.88 Å². The lowest BCUT2D eigenvalue weighted by Gasteiger charge is -2.37. The van der Waals surface area contributed by atoms with Gasteiger partial charge in [-0.1, -0.05) is 18.2 Å². The summed E-state index contributed by atoms with van der Waals surface area (Å²) in [7, 11) is 0. The molecule has 3 N–H and O–H groups in total. The Kier molecular flexibility index (Phi) is 4.54. The standard InChI is InChI=1S/C20H25N3O3/c21-19-15(11-14-3-1-2-4-16(14)22-19)5-6-18(25)23-9-8-20(12-23)13-26-10-7-17(20)24/h1-4,11,17,24H,5-10,12-13H2,(H2,21,22)/t17-,20-/m1/s1. The molecule has 2 aliphatic heterocycles. The van der Waals surface area contributed by atoms with Crippen LogP contribution in [-0.2, 0) is 16.0 Å². The van der Waals surface area contributed by atoms with Gasteiger partial charge in [0.1, 0.15) is 5.82 Å². The van der Waals surface area contributed by atoms with E-state index in [1.165, 1.54) is 0 Å². The van der Waals surface area contributed by atoms with Crippen molar-refractivity contribution in [3.8, 4) is 0 Å².